The number of rotatable bonds is 2. The van der Waals surface area contributed by atoms with Gasteiger partial charge >= 0.3 is 0 Å². The number of hydrogen-bond acceptors (Lipinski definition) is 3. The predicted molar refractivity (Wildman–Crippen MR) is 63.9 cm³/mol. The second-order valence-electron chi connectivity index (χ2n) is 3.97. The molecule has 2 unspecified atom stereocenters. The molecule has 0 saturated carbocycles. The van der Waals surface area contributed by atoms with E-state index in [1.807, 2.05) is 12.1 Å². The average molecular weight is 271 g/mol. The first-order chi connectivity index (χ1) is 7.24. The second-order valence-corrected chi connectivity index (χ2v) is 4.83. The molecule has 0 aromatic carbocycles. The van der Waals surface area contributed by atoms with E-state index in [-0.39, 0.29) is 6.61 Å². The Kier molecular flexibility index (Phi) is 3.26. The fourth-order valence-corrected chi connectivity index (χ4v) is 2.62. The van der Waals surface area contributed by atoms with Crippen LogP contribution in [-0.2, 0) is 0 Å². The maximum Gasteiger partial charge on any atom is 0.143 e. The van der Waals surface area contributed by atoms with E-state index < -0.39 is 0 Å². The molecule has 1 saturated heterocycles. The summed E-state index contributed by atoms with van der Waals surface area (Å²) in [6, 6.07) is 4.28. The predicted octanol–water partition coefficient (Wildman–Crippen LogP) is 2.05. The van der Waals surface area contributed by atoms with E-state index in [1.54, 1.807) is 6.20 Å². The highest BCUT2D eigenvalue weighted by atomic mass is 79.9. The van der Waals surface area contributed by atoms with Crippen molar-refractivity contribution in [1.82, 2.24) is 4.98 Å². The van der Waals surface area contributed by atoms with Crippen molar-refractivity contribution in [3.05, 3.63) is 22.8 Å². The van der Waals surface area contributed by atoms with Crippen LogP contribution in [0.3, 0.4) is 0 Å². The maximum atomic E-state index is 9.21. The topological polar surface area (TPSA) is 36.4 Å². The normalized spacial score (nSPS) is 25.9. The number of hydrogen-bond donors (Lipinski definition) is 1. The number of halogens is 1. The molecule has 82 valence electrons. The number of aromatic nitrogens is 1. The van der Waals surface area contributed by atoms with Crippen molar-refractivity contribution in [2.75, 3.05) is 18.1 Å². The van der Waals surface area contributed by atoms with Crippen LogP contribution in [0.15, 0.2) is 22.8 Å². The van der Waals surface area contributed by atoms with E-state index in [9.17, 15) is 5.11 Å². The molecule has 2 atom stereocenters. The highest BCUT2D eigenvalue weighted by molar-refractivity contribution is 9.10. The van der Waals surface area contributed by atoms with Gasteiger partial charge in [-0.15, -0.1) is 0 Å². The Bertz CT molecular complexity index is 345. The average Bonchev–Trinajstić information content (AvgIpc) is 2.60. The number of aliphatic hydroxyl groups is 1. The molecule has 0 amide bonds. The molecule has 0 aliphatic carbocycles. The SMILES string of the molecule is CC1C(CO)CCN1c1ncccc1Br. The Hall–Kier alpha value is -0.610. The molecular formula is C11H15BrN2O. The van der Waals surface area contributed by atoms with Crippen LogP contribution in [0.1, 0.15) is 13.3 Å². The first kappa shape index (κ1) is 10.9. The van der Waals surface area contributed by atoms with Crippen LogP contribution in [0.4, 0.5) is 5.82 Å². The summed E-state index contributed by atoms with van der Waals surface area (Å²) in [5.41, 5.74) is 0. The number of pyridine rings is 1. The monoisotopic (exact) mass is 270 g/mol. The smallest absolute Gasteiger partial charge is 0.143 e. The van der Waals surface area contributed by atoms with Crippen molar-refractivity contribution >= 4 is 21.7 Å². The summed E-state index contributed by atoms with van der Waals surface area (Å²) < 4.78 is 1.02. The van der Waals surface area contributed by atoms with Gasteiger partial charge in [-0.05, 0) is 41.4 Å². The molecule has 0 radical (unpaired) electrons. The van der Waals surface area contributed by atoms with Gasteiger partial charge < -0.3 is 10.0 Å². The summed E-state index contributed by atoms with van der Waals surface area (Å²) in [6.45, 7) is 3.39. The van der Waals surface area contributed by atoms with Crippen molar-refractivity contribution in [2.45, 2.75) is 19.4 Å². The van der Waals surface area contributed by atoms with Gasteiger partial charge in [0.15, 0.2) is 0 Å². The summed E-state index contributed by atoms with van der Waals surface area (Å²) in [5, 5.41) is 9.21. The minimum atomic E-state index is 0.266. The fourth-order valence-electron chi connectivity index (χ4n) is 2.14. The maximum absolute atomic E-state index is 9.21. The Labute approximate surface area is 98.3 Å². The minimum absolute atomic E-state index is 0.266. The summed E-state index contributed by atoms with van der Waals surface area (Å²) in [4.78, 5) is 6.63. The summed E-state index contributed by atoms with van der Waals surface area (Å²) >= 11 is 3.51. The van der Waals surface area contributed by atoms with Gasteiger partial charge in [-0.1, -0.05) is 0 Å². The lowest BCUT2D eigenvalue weighted by Crippen LogP contribution is -2.31. The van der Waals surface area contributed by atoms with Gasteiger partial charge in [0.1, 0.15) is 5.82 Å². The highest BCUT2D eigenvalue weighted by Crippen LogP contribution is 2.32. The molecule has 3 nitrogen and oxygen atoms in total. The fraction of sp³-hybridized carbons (Fsp3) is 0.545. The van der Waals surface area contributed by atoms with Crippen LogP contribution >= 0.6 is 15.9 Å². The van der Waals surface area contributed by atoms with Gasteiger partial charge in [-0.3, -0.25) is 0 Å². The lowest BCUT2D eigenvalue weighted by molar-refractivity contribution is 0.221. The molecule has 4 heteroatoms. The molecule has 15 heavy (non-hydrogen) atoms. The number of anilines is 1. The van der Waals surface area contributed by atoms with Crippen LogP contribution in [0, 0.1) is 5.92 Å². The standard InChI is InChI=1S/C11H15BrN2O/c1-8-9(7-15)4-6-14(8)11-10(12)3-2-5-13-11/h2-3,5,8-9,15H,4,6-7H2,1H3. The Morgan fingerprint density at radius 1 is 1.67 bits per heavy atom. The molecule has 1 aromatic rings. The molecule has 2 rings (SSSR count). The Balaban J connectivity index is 2.22. The zero-order valence-electron chi connectivity index (χ0n) is 8.73. The van der Waals surface area contributed by atoms with Gasteiger partial charge in [-0.2, -0.15) is 0 Å². The minimum Gasteiger partial charge on any atom is -0.396 e. The third-order valence-corrected chi connectivity index (χ3v) is 3.78. The molecule has 1 aromatic heterocycles. The van der Waals surface area contributed by atoms with Crippen molar-refractivity contribution in [3.63, 3.8) is 0 Å². The van der Waals surface area contributed by atoms with E-state index in [0.717, 1.165) is 23.3 Å². The van der Waals surface area contributed by atoms with Crippen LogP contribution in [-0.4, -0.2) is 29.3 Å². The highest BCUT2D eigenvalue weighted by Gasteiger charge is 2.31. The van der Waals surface area contributed by atoms with E-state index in [4.69, 9.17) is 0 Å². The molecule has 0 spiro atoms. The van der Waals surface area contributed by atoms with Crippen molar-refractivity contribution < 1.29 is 5.11 Å². The van der Waals surface area contributed by atoms with Gasteiger partial charge in [0.2, 0.25) is 0 Å². The molecule has 1 aliphatic heterocycles. The van der Waals surface area contributed by atoms with E-state index >= 15 is 0 Å². The van der Waals surface area contributed by atoms with Gasteiger partial charge in [0.25, 0.3) is 0 Å². The van der Waals surface area contributed by atoms with Crippen molar-refractivity contribution in [3.8, 4) is 0 Å². The van der Waals surface area contributed by atoms with Crippen LogP contribution in [0.25, 0.3) is 0 Å². The van der Waals surface area contributed by atoms with Crippen molar-refractivity contribution in [1.29, 1.82) is 0 Å². The van der Waals surface area contributed by atoms with E-state index in [2.05, 4.69) is 32.7 Å². The third-order valence-electron chi connectivity index (χ3n) is 3.16. The van der Waals surface area contributed by atoms with E-state index in [1.165, 1.54) is 0 Å². The summed E-state index contributed by atoms with van der Waals surface area (Å²) in [7, 11) is 0. The largest absolute Gasteiger partial charge is 0.396 e. The van der Waals surface area contributed by atoms with Crippen LogP contribution < -0.4 is 4.90 Å². The first-order valence-electron chi connectivity index (χ1n) is 5.22. The summed E-state index contributed by atoms with van der Waals surface area (Å²) in [5.74, 6) is 1.36. The Morgan fingerprint density at radius 2 is 2.47 bits per heavy atom. The lowest BCUT2D eigenvalue weighted by atomic mass is 10.0. The molecule has 2 heterocycles. The van der Waals surface area contributed by atoms with Crippen molar-refractivity contribution in [2.24, 2.45) is 5.92 Å². The molecule has 0 bridgehead atoms. The number of nitrogens with zero attached hydrogens (tertiary/aromatic N) is 2. The van der Waals surface area contributed by atoms with Gasteiger partial charge in [-0.25, -0.2) is 4.98 Å². The van der Waals surface area contributed by atoms with Crippen LogP contribution in [0.2, 0.25) is 0 Å². The molecular weight excluding hydrogens is 256 g/mol. The zero-order valence-corrected chi connectivity index (χ0v) is 10.3. The Morgan fingerprint density at radius 3 is 3.07 bits per heavy atom. The third kappa shape index (κ3) is 2.01. The summed E-state index contributed by atoms with van der Waals surface area (Å²) in [6.07, 6.45) is 2.85. The quantitative estimate of drug-likeness (QED) is 0.894. The molecule has 1 N–H and O–H groups in total. The van der Waals surface area contributed by atoms with Crippen LogP contribution in [0.5, 0.6) is 0 Å². The molecule has 1 fully saturated rings. The first-order valence-corrected chi connectivity index (χ1v) is 6.01. The van der Waals surface area contributed by atoms with Gasteiger partial charge in [0.05, 0.1) is 4.47 Å². The zero-order chi connectivity index (χ0) is 10.8. The second kappa shape index (κ2) is 4.49. The number of aliphatic hydroxyl groups excluding tert-OH is 1. The van der Waals surface area contributed by atoms with E-state index in [0.29, 0.717) is 12.0 Å². The lowest BCUT2D eigenvalue weighted by Gasteiger charge is -2.25. The van der Waals surface area contributed by atoms with Gasteiger partial charge in [0, 0.05) is 31.3 Å². The molecule has 1 aliphatic rings.